The predicted molar refractivity (Wildman–Crippen MR) is 85.9 cm³/mol. The molecule has 24 heavy (non-hydrogen) atoms. The molecule has 1 aliphatic rings. The number of hydrogen-bond acceptors (Lipinski definition) is 5. The number of carboxylic acid groups (broad SMARTS) is 1. The number of amides is 1. The van der Waals surface area contributed by atoms with Crippen LogP contribution in [-0.4, -0.2) is 63.5 Å². The maximum Gasteiger partial charge on any atom is 0.335 e. The number of ether oxygens (including phenoxy) is 1. The number of nitrogens with zero attached hydrogens (tertiary/aromatic N) is 1. The van der Waals surface area contributed by atoms with Crippen LogP contribution in [0, 0.1) is 5.92 Å². The van der Waals surface area contributed by atoms with Crippen LogP contribution in [0.4, 0.5) is 0 Å². The summed E-state index contributed by atoms with van der Waals surface area (Å²) in [4.78, 5) is 24.5. The Labute approximate surface area is 140 Å². The fraction of sp³-hybridized carbons (Fsp3) is 0.529. The standard InChI is InChI=1S/C17H23NO6/c1-10(2)7-15(20)18-8-14(19)16(21)13(18)9-24-12-5-3-11(4-6-12)17(22)23/h3-6,10,13-14,16,19,21H,7-9H2,1-2H3,(H,22,23). The van der Waals surface area contributed by atoms with Crippen LogP contribution in [-0.2, 0) is 4.79 Å². The lowest BCUT2D eigenvalue weighted by Gasteiger charge is -2.26. The molecule has 3 atom stereocenters. The molecule has 0 aromatic heterocycles. The van der Waals surface area contributed by atoms with E-state index in [1.54, 1.807) is 0 Å². The second-order valence-corrected chi connectivity index (χ2v) is 6.41. The summed E-state index contributed by atoms with van der Waals surface area (Å²) in [5.74, 6) is -0.542. The Bertz CT molecular complexity index is 585. The van der Waals surface area contributed by atoms with Gasteiger partial charge in [-0.05, 0) is 30.2 Å². The normalized spacial score (nSPS) is 23.5. The third-order valence-corrected chi connectivity index (χ3v) is 4.00. The van der Waals surface area contributed by atoms with Crippen LogP contribution in [0.5, 0.6) is 5.75 Å². The average Bonchev–Trinajstić information content (AvgIpc) is 2.80. The molecule has 0 aliphatic carbocycles. The molecule has 1 aromatic rings. The van der Waals surface area contributed by atoms with Crippen LogP contribution >= 0.6 is 0 Å². The first-order valence-corrected chi connectivity index (χ1v) is 7.91. The van der Waals surface area contributed by atoms with E-state index in [4.69, 9.17) is 9.84 Å². The highest BCUT2D eigenvalue weighted by molar-refractivity contribution is 5.87. The van der Waals surface area contributed by atoms with Gasteiger partial charge in [-0.3, -0.25) is 4.79 Å². The number of carboxylic acids is 1. The minimum absolute atomic E-state index is 0.0223. The van der Waals surface area contributed by atoms with Crippen LogP contribution in [0.25, 0.3) is 0 Å². The van der Waals surface area contributed by atoms with Crippen molar-refractivity contribution < 1.29 is 29.6 Å². The van der Waals surface area contributed by atoms with Gasteiger partial charge < -0.3 is 25.0 Å². The number of hydrogen-bond donors (Lipinski definition) is 3. The van der Waals surface area contributed by atoms with Gasteiger partial charge in [-0.2, -0.15) is 0 Å². The molecule has 0 saturated carbocycles. The number of rotatable bonds is 6. The van der Waals surface area contributed by atoms with Crippen LogP contribution in [0.3, 0.4) is 0 Å². The van der Waals surface area contributed by atoms with E-state index < -0.39 is 24.2 Å². The molecule has 1 aromatic carbocycles. The van der Waals surface area contributed by atoms with Gasteiger partial charge in [-0.25, -0.2) is 4.79 Å². The summed E-state index contributed by atoms with van der Waals surface area (Å²) in [7, 11) is 0. The van der Waals surface area contributed by atoms with Gasteiger partial charge >= 0.3 is 5.97 Å². The van der Waals surface area contributed by atoms with Crippen molar-refractivity contribution in [2.75, 3.05) is 13.2 Å². The lowest BCUT2D eigenvalue weighted by molar-refractivity contribution is -0.134. The van der Waals surface area contributed by atoms with Gasteiger partial charge in [0, 0.05) is 13.0 Å². The fourth-order valence-corrected chi connectivity index (χ4v) is 2.70. The van der Waals surface area contributed by atoms with Gasteiger partial charge in [0.1, 0.15) is 18.5 Å². The SMILES string of the molecule is CC(C)CC(=O)N1CC(O)C(O)C1COc1ccc(C(=O)O)cc1. The molecule has 3 unspecified atom stereocenters. The van der Waals surface area contributed by atoms with Crippen LogP contribution in [0.2, 0.25) is 0 Å². The zero-order valence-corrected chi connectivity index (χ0v) is 13.8. The maximum absolute atomic E-state index is 12.3. The van der Waals surface area contributed by atoms with E-state index in [0.717, 1.165) is 0 Å². The first kappa shape index (κ1) is 18.2. The molecule has 3 N–H and O–H groups in total. The molecule has 0 bridgehead atoms. The predicted octanol–water partition coefficient (Wildman–Crippen LogP) is 0.742. The monoisotopic (exact) mass is 337 g/mol. The lowest BCUT2D eigenvalue weighted by atomic mass is 10.1. The third-order valence-electron chi connectivity index (χ3n) is 4.00. The molecule has 0 spiro atoms. The van der Waals surface area contributed by atoms with Gasteiger partial charge in [0.05, 0.1) is 17.7 Å². The number of carbonyl (C=O) groups excluding carboxylic acids is 1. The number of aliphatic hydroxyl groups is 2. The van der Waals surface area contributed by atoms with E-state index in [9.17, 15) is 19.8 Å². The van der Waals surface area contributed by atoms with E-state index in [1.165, 1.54) is 29.2 Å². The molecular formula is C17H23NO6. The average molecular weight is 337 g/mol. The Morgan fingerprint density at radius 3 is 2.42 bits per heavy atom. The highest BCUT2D eigenvalue weighted by Gasteiger charge is 2.42. The third kappa shape index (κ3) is 4.24. The number of carbonyl (C=O) groups is 2. The summed E-state index contributed by atoms with van der Waals surface area (Å²) in [6.45, 7) is 3.96. The number of aromatic carboxylic acids is 1. The van der Waals surface area contributed by atoms with Crippen molar-refractivity contribution in [3.05, 3.63) is 29.8 Å². The Hall–Kier alpha value is -2.12. The summed E-state index contributed by atoms with van der Waals surface area (Å²) in [5, 5.41) is 28.8. The summed E-state index contributed by atoms with van der Waals surface area (Å²) < 4.78 is 5.57. The Kier molecular flexibility index (Phi) is 5.80. The van der Waals surface area contributed by atoms with Crippen LogP contribution in [0.1, 0.15) is 30.6 Å². The van der Waals surface area contributed by atoms with E-state index >= 15 is 0 Å². The van der Waals surface area contributed by atoms with Crippen molar-refractivity contribution in [3.63, 3.8) is 0 Å². The maximum atomic E-state index is 12.3. The molecule has 0 radical (unpaired) electrons. The van der Waals surface area contributed by atoms with Crippen LogP contribution < -0.4 is 4.74 Å². The van der Waals surface area contributed by atoms with Crippen molar-refractivity contribution in [3.8, 4) is 5.75 Å². The van der Waals surface area contributed by atoms with Crippen molar-refractivity contribution in [2.24, 2.45) is 5.92 Å². The van der Waals surface area contributed by atoms with E-state index in [2.05, 4.69) is 0 Å². The number of likely N-dealkylation sites (tertiary alicyclic amines) is 1. The summed E-state index contributed by atoms with van der Waals surface area (Å²) in [5.41, 5.74) is 0.146. The number of β-amino-alcohol motifs (C(OH)–C–C–N with tert-alkyl or cyclic N) is 1. The van der Waals surface area contributed by atoms with Gasteiger partial charge in [-0.1, -0.05) is 13.8 Å². The Morgan fingerprint density at radius 1 is 1.25 bits per heavy atom. The fourth-order valence-electron chi connectivity index (χ4n) is 2.70. The quantitative estimate of drug-likeness (QED) is 0.707. The zero-order chi connectivity index (χ0) is 17.9. The molecule has 2 rings (SSSR count). The van der Waals surface area contributed by atoms with E-state index in [0.29, 0.717) is 12.2 Å². The second-order valence-electron chi connectivity index (χ2n) is 6.41. The summed E-state index contributed by atoms with van der Waals surface area (Å²) in [6.07, 6.45) is -1.73. The molecule has 132 valence electrons. The van der Waals surface area contributed by atoms with Crippen LogP contribution in [0.15, 0.2) is 24.3 Å². The molecule has 1 saturated heterocycles. The zero-order valence-electron chi connectivity index (χ0n) is 13.8. The number of benzene rings is 1. The molecule has 1 amide bonds. The molecule has 1 aliphatic heterocycles. The van der Waals surface area contributed by atoms with Crippen molar-refractivity contribution in [2.45, 2.75) is 38.5 Å². The van der Waals surface area contributed by atoms with Crippen molar-refractivity contribution >= 4 is 11.9 Å². The largest absolute Gasteiger partial charge is 0.491 e. The van der Waals surface area contributed by atoms with E-state index in [1.807, 2.05) is 13.8 Å². The molecular weight excluding hydrogens is 314 g/mol. The number of aliphatic hydroxyl groups excluding tert-OH is 2. The first-order valence-electron chi connectivity index (χ1n) is 7.91. The summed E-state index contributed by atoms with van der Waals surface area (Å²) in [6, 6.07) is 5.23. The van der Waals surface area contributed by atoms with Gasteiger partial charge in [0.2, 0.25) is 5.91 Å². The Balaban J connectivity index is 2.02. The minimum Gasteiger partial charge on any atom is -0.491 e. The van der Waals surface area contributed by atoms with Gasteiger partial charge in [0.25, 0.3) is 0 Å². The van der Waals surface area contributed by atoms with Gasteiger partial charge in [-0.15, -0.1) is 0 Å². The summed E-state index contributed by atoms with van der Waals surface area (Å²) >= 11 is 0. The van der Waals surface area contributed by atoms with Crippen molar-refractivity contribution in [1.82, 2.24) is 4.90 Å². The highest BCUT2D eigenvalue weighted by atomic mass is 16.5. The van der Waals surface area contributed by atoms with Gasteiger partial charge in [0.15, 0.2) is 0 Å². The first-order chi connectivity index (χ1) is 11.3. The highest BCUT2D eigenvalue weighted by Crippen LogP contribution is 2.22. The molecule has 1 heterocycles. The Morgan fingerprint density at radius 2 is 1.88 bits per heavy atom. The molecule has 7 nitrogen and oxygen atoms in total. The molecule has 1 fully saturated rings. The van der Waals surface area contributed by atoms with E-state index in [-0.39, 0.29) is 30.5 Å². The second kappa shape index (κ2) is 7.63. The molecule has 7 heteroatoms. The lowest BCUT2D eigenvalue weighted by Crippen LogP contribution is -2.44. The van der Waals surface area contributed by atoms with Crippen molar-refractivity contribution in [1.29, 1.82) is 0 Å². The smallest absolute Gasteiger partial charge is 0.335 e. The minimum atomic E-state index is -1.07. The topological polar surface area (TPSA) is 107 Å².